The maximum absolute atomic E-state index is 12.7. The van der Waals surface area contributed by atoms with Crippen LogP contribution in [0.15, 0.2) is 66.2 Å². The van der Waals surface area contributed by atoms with Gasteiger partial charge in [-0.05, 0) is 23.8 Å². The topological polar surface area (TPSA) is 46.5 Å². The number of hydrogen-bond acceptors (Lipinski definition) is 3. The molecule has 0 amide bonds. The van der Waals surface area contributed by atoms with Crippen molar-refractivity contribution in [1.29, 1.82) is 0 Å². The van der Waals surface area contributed by atoms with Gasteiger partial charge in [0.25, 0.3) is 7.37 Å². The van der Waals surface area contributed by atoms with Gasteiger partial charge in [0.05, 0.1) is 0 Å². The molecular formula is C15H15O3P. The largest absolute Gasteiger partial charge is 0.503 e. The van der Waals surface area contributed by atoms with Crippen LogP contribution in [0.4, 0.5) is 0 Å². The molecule has 3 nitrogen and oxygen atoms in total. The van der Waals surface area contributed by atoms with Crippen LogP contribution in [0.2, 0.25) is 0 Å². The van der Waals surface area contributed by atoms with Crippen LogP contribution < -0.4 is 5.30 Å². The fraction of sp³-hybridized carbons (Fsp3) is 0.0667. The van der Waals surface area contributed by atoms with E-state index in [0.717, 1.165) is 5.56 Å². The number of aliphatic hydroxyl groups is 1. The number of rotatable bonds is 4. The van der Waals surface area contributed by atoms with Gasteiger partial charge >= 0.3 is 0 Å². The molecule has 0 saturated carbocycles. The van der Waals surface area contributed by atoms with E-state index in [1.165, 1.54) is 13.2 Å². The molecule has 1 unspecified atom stereocenters. The highest BCUT2D eigenvalue weighted by Crippen LogP contribution is 2.52. The van der Waals surface area contributed by atoms with Crippen molar-refractivity contribution in [3.8, 4) is 0 Å². The first kappa shape index (κ1) is 13.6. The summed E-state index contributed by atoms with van der Waals surface area (Å²) in [4.78, 5) is 0. The molecule has 0 bridgehead atoms. The summed E-state index contributed by atoms with van der Waals surface area (Å²) in [5, 5.41) is 10.6. The van der Waals surface area contributed by atoms with Gasteiger partial charge in [-0.25, -0.2) is 0 Å². The molecule has 98 valence electrons. The molecule has 0 aromatic heterocycles. The summed E-state index contributed by atoms with van der Waals surface area (Å²) in [6, 6.07) is 17.9. The molecule has 1 atom stereocenters. The molecule has 0 radical (unpaired) electrons. The lowest BCUT2D eigenvalue weighted by Crippen LogP contribution is -2.07. The zero-order valence-electron chi connectivity index (χ0n) is 10.6. The van der Waals surface area contributed by atoms with Crippen LogP contribution in [0.5, 0.6) is 0 Å². The lowest BCUT2D eigenvalue weighted by molar-refractivity contribution is 0.371. The average Bonchev–Trinajstić information content (AvgIpc) is 2.48. The second-order valence-electron chi connectivity index (χ2n) is 3.98. The third-order valence-corrected chi connectivity index (χ3v) is 4.97. The Bertz CT molecular complexity index is 606. The minimum Gasteiger partial charge on any atom is -0.503 e. The van der Waals surface area contributed by atoms with Crippen molar-refractivity contribution in [3.05, 3.63) is 71.7 Å². The van der Waals surface area contributed by atoms with E-state index in [4.69, 9.17) is 4.52 Å². The summed E-state index contributed by atoms with van der Waals surface area (Å²) in [5.41, 5.74) is 0.514. The molecule has 2 rings (SSSR count). The Balaban J connectivity index is 2.43. The summed E-state index contributed by atoms with van der Waals surface area (Å²) in [7, 11) is -2.06. The smallest absolute Gasteiger partial charge is 0.294 e. The third kappa shape index (κ3) is 2.95. The Morgan fingerprint density at radius 2 is 1.58 bits per heavy atom. The van der Waals surface area contributed by atoms with Gasteiger partial charge in [0.15, 0.2) is 5.50 Å². The molecule has 0 fully saturated rings. The predicted molar refractivity (Wildman–Crippen MR) is 77.7 cm³/mol. The Morgan fingerprint density at radius 3 is 2.11 bits per heavy atom. The Hall–Kier alpha value is -1.83. The number of hydrogen-bond donors (Lipinski definition) is 1. The van der Waals surface area contributed by atoms with E-state index in [1.54, 1.807) is 24.3 Å². The molecule has 4 heteroatoms. The van der Waals surface area contributed by atoms with Crippen LogP contribution in [0.3, 0.4) is 0 Å². The summed E-state index contributed by atoms with van der Waals surface area (Å²) >= 11 is 0. The second-order valence-corrected chi connectivity index (χ2v) is 6.43. The number of benzene rings is 2. The van der Waals surface area contributed by atoms with Gasteiger partial charge < -0.3 is 9.63 Å². The van der Waals surface area contributed by atoms with E-state index in [-0.39, 0.29) is 5.50 Å². The quantitative estimate of drug-likeness (QED) is 0.681. The molecule has 0 aliphatic heterocycles. The van der Waals surface area contributed by atoms with Crippen molar-refractivity contribution in [2.45, 2.75) is 0 Å². The first-order chi connectivity index (χ1) is 9.16. The maximum atomic E-state index is 12.7. The van der Waals surface area contributed by atoms with Crippen molar-refractivity contribution in [2.24, 2.45) is 0 Å². The lowest BCUT2D eigenvalue weighted by Gasteiger charge is -2.15. The van der Waals surface area contributed by atoms with E-state index < -0.39 is 7.37 Å². The summed E-state index contributed by atoms with van der Waals surface area (Å²) in [6.07, 6.45) is 1.47. The van der Waals surface area contributed by atoms with Crippen molar-refractivity contribution in [2.75, 3.05) is 7.11 Å². The fourth-order valence-electron chi connectivity index (χ4n) is 1.74. The molecule has 0 spiro atoms. The second kappa shape index (κ2) is 5.87. The SMILES string of the molecule is COP(=O)(C(O)=Cc1ccccc1)c1ccccc1. The lowest BCUT2D eigenvalue weighted by atomic mass is 10.2. The Labute approximate surface area is 112 Å². The third-order valence-electron chi connectivity index (χ3n) is 2.75. The van der Waals surface area contributed by atoms with E-state index >= 15 is 0 Å². The van der Waals surface area contributed by atoms with Crippen LogP contribution >= 0.6 is 7.37 Å². The van der Waals surface area contributed by atoms with Gasteiger partial charge in [-0.2, -0.15) is 0 Å². The first-order valence-electron chi connectivity index (χ1n) is 5.84. The zero-order chi connectivity index (χ0) is 13.7. The first-order valence-corrected chi connectivity index (χ1v) is 7.47. The zero-order valence-corrected chi connectivity index (χ0v) is 11.5. The Morgan fingerprint density at radius 1 is 1.05 bits per heavy atom. The summed E-state index contributed by atoms with van der Waals surface area (Å²) in [5.74, 6) is 0. The highest BCUT2D eigenvalue weighted by atomic mass is 31.2. The van der Waals surface area contributed by atoms with Gasteiger partial charge in [0.2, 0.25) is 0 Å². The minimum atomic E-state index is -3.39. The molecule has 0 saturated heterocycles. The van der Waals surface area contributed by atoms with Crippen LogP contribution in [-0.2, 0) is 9.09 Å². The predicted octanol–water partition coefficient (Wildman–Crippen LogP) is 3.79. The summed E-state index contributed by atoms with van der Waals surface area (Å²) in [6.45, 7) is 0. The monoisotopic (exact) mass is 274 g/mol. The Kier molecular flexibility index (Phi) is 4.20. The minimum absolute atomic E-state index is 0.257. The highest BCUT2D eigenvalue weighted by Gasteiger charge is 2.29. The van der Waals surface area contributed by atoms with Gasteiger partial charge in [0.1, 0.15) is 0 Å². The molecule has 0 heterocycles. The van der Waals surface area contributed by atoms with Crippen molar-refractivity contribution in [3.63, 3.8) is 0 Å². The van der Waals surface area contributed by atoms with E-state index in [1.807, 2.05) is 36.4 Å². The normalized spacial score (nSPS) is 14.9. The maximum Gasteiger partial charge on any atom is 0.294 e. The van der Waals surface area contributed by atoms with E-state index in [2.05, 4.69) is 0 Å². The van der Waals surface area contributed by atoms with Gasteiger partial charge in [0, 0.05) is 12.4 Å². The highest BCUT2D eigenvalue weighted by molar-refractivity contribution is 7.70. The number of aliphatic hydroxyl groups excluding tert-OH is 1. The molecule has 2 aromatic rings. The fourth-order valence-corrected chi connectivity index (χ4v) is 3.28. The van der Waals surface area contributed by atoms with Crippen LogP contribution in [-0.4, -0.2) is 12.2 Å². The molecule has 0 aliphatic rings. The van der Waals surface area contributed by atoms with Crippen LogP contribution in [0.1, 0.15) is 5.56 Å². The van der Waals surface area contributed by atoms with Crippen molar-refractivity contribution >= 4 is 18.7 Å². The van der Waals surface area contributed by atoms with Crippen molar-refractivity contribution in [1.82, 2.24) is 0 Å². The molecule has 2 aromatic carbocycles. The standard InChI is InChI=1S/C15H15O3P/c1-18-19(17,14-10-6-3-7-11-14)15(16)12-13-8-4-2-5-9-13/h2-12,16H,1H3. The van der Waals surface area contributed by atoms with Crippen LogP contribution in [0, 0.1) is 0 Å². The molecule has 1 N–H and O–H groups in total. The van der Waals surface area contributed by atoms with Gasteiger partial charge in [-0.3, -0.25) is 4.57 Å². The van der Waals surface area contributed by atoms with E-state index in [0.29, 0.717) is 5.30 Å². The van der Waals surface area contributed by atoms with E-state index in [9.17, 15) is 9.67 Å². The average molecular weight is 274 g/mol. The van der Waals surface area contributed by atoms with Gasteiger partial charge in [-0.1, -0.05) is 48.5 Å². The van der Waals surface area contributed by atoms with Gasteiger partial charge in [-0.15, -0.1) is 0 Å². The van der Waals surface area contributed by atoms with Crippen molar-refractivity contribution < 1.29 is 14.2 Å². The molecule has 0 aliphatic carbocycles. The van der Waals surface area contributed by atoms with Crippen LogP contribution in [0.25, 0.3) is 6.08 Å². The summed E-state index contributed by atoms with van der Waals surface area (Å²) < 4.78 is 17.8. The molecular weight excluding hydrogens is 259 g/mol. The molecule has 19 heavy (non-hydrogen) atoms.